The molecule has 1 aromatic rings. The molecule has 1 aromatic carbocycles. The number of nitrogens with one attached hydrogen (secondary N) is 2. The van der Waals surface area contributed by atoms with Gasteiger partial charge < -0.3 is 15.7 Å². The Morgan fingerprint density at radius 2 is 2.25 bits per heavy atom. The molecular formula is C14H19ClN2O2S. The Kier molecular flexibility index (Phi) is 6.16. The first kappa shape index (κ1) is 15.6. The number of thioether (sulfide) groups is 1. The van der Waals surface area contributed by atoms with Gasteiger partial charge in [0.15, 0.2) is 0 Å². The number of benzene rings is 1. The van der Waals surface area contributed by atoms with Crippen molar-refractivity contribution in [1.29, 1.82) is 0 Å². The smallest absolute Gasteiger partial charge is 0.220 e. The molecule has 1 heterocycles. The average molecular weight is 315 g/mol. The van der Waals surface area contributed by atoms with Gasteiger partial charge in [-0.1, -0.05) is 23.7 Å². The summed E-state index contributed by atoms with van der Waals surface area (Å²) in [4.78, 5) is 12.7. The van der Waals surface area contributed by atoms with E-state index in [1.54, 1.807) is 11.8 Å². The highest BCUT2D eigenvalue weighted by Crippen LogP contribution is 2.26. The third kappa shape index (κ3) is 4.66. The lowest BCUT2D eigenvalue weighted by Crippen LogP contribution is -2.34. The van der Waals surface area contributed by atoms with Gasteiger partial charge in [-0.2, -0.15) is 0 Å². The van der Waals surface area contributed by atoms with Crippen molar-refractivity contribution >= 4 is 29.3 Å². The molecule has 2 atom stereocenters. The molecule has 0 spiro atoms. The summed E-state index contributed by atoms with van der Waals surface area (Å²) >= 11 is 7.63. The number of hydrogen-bond donors (Lipinski definition) is 3. The summed E-state index contributed by atoms with van der Waals surface area (Å²) in [6, 6.07) is 7.62. The maximum Gasteiger partial charge on any atom is 0.220 e. The number of hydrogen-bond acceptors (Lipinski definition) is 4. The molecule has 4 nitrogen and oxygen atoms in total. The quantitative estimate of drug-likeness (QED) is 0.697. The van der Waals surface area contributed by atoms with E-state index in [0.717, 1.165) is 16.5 Å². The number of halogens is 1. The van der Waals surface area contributed by atoms with E-state index in [0.29, 0.717) is 25.3 Å². The number of β-amino-alcohol motifs (C(OH)–C–C–N with tert-alkyl or cyclic N) is 1. The van der Waals surface area contributed by atoms with E-state index in [1.807, 2.05) is 24.3 Å². The van der Waals surface area contributed by atoms with Gasteiger partial charge in [0, 0.05) is 42.6 Å². The molecule has 1 fully saturated rings. The molecule has 6 heteroatoms. The van der Waals surface area contributed by atoms with E-state index in [9.17, 15) is 9.90 Å². The summed E-state index contributed by atoms with van der Waals surface area (Å²) in [5, 5.41) is 16.3. The van der Waals surface area contributed by atoms with E-state index in [4.69, 9.17) is 11.6 Å². The minimum absolute atomic E-state index is 0.0173. The predicted octanol–water partition coefficient (Wildman–Crippen LogP) is 1.52. The monoisotopic (exact) mass is 314 g/mol. The van der Waals surface area contributed by atoms with Crippen LogP contribution < -0.4 is 10.6 Å². The number of amides is 1. The third-order valence-corrected chi connectivity index (χ3v) is 4.81. The maximum atomic E-state index is 11.7. The fourth-order valence-corrected chi connectivity index (χ4v) is 3.26. The zero-order chi connectivity index (χ0) is 14.4. The standard InChI is InChI=1S/C14H19ClN2O2S/c15-11-3-1-2-4-13(11)20-6-5-14(19)17-8-10-7-16-9-12(10)18/h1-4,10,12,16,18H,5-9H2,(H,17,19). The summed E-state index contributed by atoms with van der Waals surface area (Å²) in [5.41, 5.74) is 0. The van der Waals surface area contributed by atoms with Crippen molar-refractivity contribution in [3.8, 4) is 0 Å². The van der Waals surface area contributed by atoms with Crippen LogP contribution in [0, 0.1) is 5.92 Å². The van der Waals surface area contributed by atoms with Crippen LogP contribution in [0.25, 0.3) is 0 Å². The molecule has 0 aromatic heterocycles. The van der Waals surface area contributed by atoms with Crippen molar-refractivity contribution in [2.75, 3.05) is 25.4 Å². The van der Waals surface area contributed by atoms with Crippen LogP contribution in [-0.4, -0.2) is 42.5 Å². The molecule has 0 aliphatic carbocycles. The molecule has 110 valence electrons. The fraction of sp³-hybridized carbons (Fsp3) is 0.500. The first-order valence-corrected chi connectivity index (χ1v) is 8.06. The van der Waals surface area contributed by atoms with Gasteiger partial charge in [-0.25, -0.2) is 0 Å². The predicted molar refractivity (Wildman–Crippen MR) is 82.2 cm³/mol. The highest BCUT2D eigenvalue weighted by atomic mass is 35.5. The van der Waals surface area contributed by atoms with Crippen molar-refractivity contribution in [3.63, 3.8) is 0 Å². The van der Waals surface area contributed by atoms with Crippen LogP contribution in [-0.2, 0) is 4.79 Å². The van der Waals surface area contributed by atoms with Crippen molar-refractivity contribution < 1.29 is 9.90 Å². The normalized spacial score (nSPS) is 21.9. The van der Waals surface area contributed by atoms with Crippen LogP contribution in [0.5, 0.6) is 0 Å². The minimum atomic E-state index is -0.354. The Labute approximate surface area is 128 Å². The SMILES string of the molecule is O=C(CCSc1ccccc1Cl)NCC1CNCC1O. The lowest BCUT2D eigenvalue weighted by Gasteiger charge is -2.14. The Balaban J connectivity index is 1.64. The van der Waals surface area contributed by atoms with Crippen LogP contribution in [0.4, 0.5) is 0 Å². The third-order valence-electron chi connectivity index (χ3n) is 3.29. The zero-order valence-electron chi connectivity index (χ0n) is 11.1. The van der Waals surface area contributed by atoms with E-state index in [1.165, 1.54) is 0 Å². The van der Waals surface area contributed by atoms with Gasteiger partial charge in [0.05, 0.1) is 11.1 Å². The molecule has 20 heavy (non-hydrogen) atoms. The molecule has 0 saturated carbocycles. The van der Waals surface area contributed by atoms with Crippen LogP contribution in [0.15, 0.2) is 29.2 Å². The first-order valence-electron chi connectivity index (χ1n) is 6.69. The highest BCUT2D eigenvalue weighted by molar-refractivity contribution is 7.99. The lowest BCUT2D eigenvalue weighted by atomic mass is 10.1. The molecule has 2 unspecified atom stereocenters. The first-order chi connectivity index (χ1) is 9.66. The van der Waals surface area contributed by atoms with E-state index >= 15 is 0 Å². The molecule has 1 amide bonds. The molecule has 1 aliphatic rings. The summed E-state index contributed by atoms with van der Waals surface area (Å²) in [5.74, 6) is 0.833. The Morgan fingerprint density at radius 3 is 2.95 bits per heavy atom. The highest BCUT2D eigenvalue weighted by Gasteiger charge is 2.24. The number of carbonyl (C=O) groups is 1. The van der Waals surface area contributed by atoms with E-state index in [2.05, 4.69) is 10.6 Å². The fourth-order valence-electron chi connectivity index (χ4n) is 2.08. The van der Waals surface area contributed by atoms with Crippen LogP contribution in [0.3, 0.4) is 0 Å². The maximum absolute atomic E-state index is 11.7. The second-order valence-corrected chi connectivity index (χ2v) is 6.36. The topological polar surface area (TPSA) is 61.4 Å². The van der Waals surface area contributed by atoms with Crippen molar-refractivity contribution in [1.82, 2.24) is 10.6 Å². The summed E-state index contributed by atoms with van der Waals surface area (Å²) < 4.78 is 0. The molecule has 2 rings (SSSR count). The zero-order valence-corrected chi connectivity index (χ0v) is 12.7. The largest absolute Gasteiger partial charge is 0.391 e. The van der Waals surface area contributed by atoms with Gasteiger partial charge in [0.25, 0.3) is 0 Å². The Bertz CT molecular complexity index is 459. The number of carbonyl (C=O) groups excluding carboxylic acids is 1. The van der Waals surface area contributed by atoms with E-state index in [-0.39, 0.29) is 17.9 Å². The van der Waals surface area contributed by atoms with Gasteiger partial charge in [-0.3, -0.25) is 4.79 Å². The molecule has 0 bridgehead atoms. The van der Waals surface area contributed by atoms with E-state index < -0.39 is 0 Å². The molecule has 1 saturated heterocycles. The van der Waals surface area contributed by atoms with Crippen molar-refractivity contribution in [3.05, 3.63) is 29.3 Å². The van der Waals surface area contributed by atoms with Crippen LogP contribution in [0.2, 0.25) is 5.02 Å². The number of rotatable bonds is 6. The van der Waals surface area contributed by atoms with Gasteiger partial charge in [-0.15, -0.1) is 11.8 Å². The molecule has 3 N–H and O–H groups in total. The Morgan fingerprint density at radius 1 is 1.45 bits per heavy atom. The number of aliphatic hydroxyl groups excluding tert-OH is 1. The molecule has 0 radical (unpaired) electrons. The van der Waals surface area contributed by atoms with Gasteiger partial charge in [0.1, 0.15) is 0 Å². The van der Waals surface area contributed by atoms with Gasteiger partial charge in [0.2, 0.25) is 5.91 Å². The summed E-state index contributed by atoms with van der Waals surface area (Å²) in [6.45, 7) is 1.91. The second-order valence-electron chi connectivity index (χ2n) is 4.82. The van der Waals surface area contributed by atoms with Crippen LogP contribution >= 0.6 is 23.4 Å². The summed E-state index contributed by atoms with van der Waals surface area (Å²) in [7, 11) is 0. The minimum Gasteiger partial charge on any atom is -0.391 e. The van der Waals surface area contributed by atoms with Gasteiger partial charge in [-0.05, 0) is 12.1 Å². The molecule has 1 aliphatic heterocycles. The van der Waals surface area contributed by atoms with Crippen LogP contribution in [0.1, 0.15) is 6.42 Å². The number of aliphatic hydroxyl groups is 1. The van der Waals surface area contributed by atoms with Crippen molar-refractivity contribution in [2.45, 2.75) is 17.4 Å². The average Bonchev–Trinajstić information content (AvgIpc) is 2.84. The van der Waals surface area contributed by atoms with Gasteiger partial charge >= 0.3 is 0 Å². The summed E-state index contributed by atoms with van der Waals surface area (Å²) in [6.07, 6.45) is 0.0966. The lowest BCUT2D eigenvalue weighted by molar-refractivity contribution is -0.120. The Hall–Kier alpha value is -0.750. The second kappa shape index (κ2) is 7.88. The van der Waals surface area contributed by atoms with Crippen molar-refractivity contribution in [2.24, 2.45) is 5.92 Å². The molecular weight excluding hydrogens is 296 g/mol.